The van der Waals surface area contributed by atoms with E-state index in [0.717, 1.165) is 56.4 Å². The van der Waals surface area contributed by atoms with E-state index in [9.17, 15) is 27.2 Å². The monoisotopic (exact) mass is 436 g/mol. The minimum absolute atomic E-state index is 0.0272. The lowest BCUT2D eigenvalue weighted by molar-refractivity contribution is -0.137. The van der Waals surface area contributed by atoms with Crippen molar-refractivity contribution in [3.8, 4) is 0 Å². The Hall–Kier alpha value is -2.90. The van der Waals surface area contributed by atoms with Crippen LogP contribution in [0.5, 0.6) is 0 Å². The highest BCUT2D eigenvalue weighted by Crippen LogP contribution is 2.35. The molecule has 0 bridgehead atoms. The summed E-state index contributed by atoms with van der Waals surface area (Å²) in [7, 11) is 0. The Morgan fingerprint density at radius 3 is 2.42 bits per heavy atom. The van der Waals surface area contributed by atoms with E-state index in [0.29, 0.717) is 5.56 Å². The van der Waals surface area contributed by atoms with Crippen molar-refractivity contribution in [3.05, 3.63) is 65.0 Å². The summed E-state index contributed by atoms with van der Waals surface area (Å²) in [5.41, 5.74) is 4.71. The number of hydrogen-bond acceptors (Lipinski definition) is 2. The van der Waals surface area contributed by atoms with Crippen molar-refractivity contribution in [1.29, 1.82) is 0 Å². The van der Waals surface area contributed by atoms with Crippen LogP contribution in [-0.2, 0) is 17.4 Å². The van der Waals surface area contributed by atoms with Crippen LogP contribution in [0.15, 0.2) is 42.5 Å². The molecule has 0 aromatic heterocycles. The van der Waals surface area contributed by atoms with Gasteiger partial charge < -0.3 is 11.1 Å². The average molecular weight is 436 g/mol. The Morgan fingerprint density at radius 2 is 1.77 bits per heavy atom. The first-order valence-electron chi connectivity index (χ1n) is 10.2. The van der Waals surface area contributed by atoms with Gasteiger partial charge in [-0.1, -0.05) is 37.5 Å². The van der Waals surface area contributed by atoms with E-state index in [2.05, 4.69) is 5.32 Å². The maximum absolute atomic E-state index is 13.7. The summed E-state index contributed by atoms with van der Waals surface area (Å²) in [4.78, 5) is 24.5. The lowest BCUT2D eigenvalue weighted by Gasteiger charge is -2.30. The van der Waals surface area contributed by atoms with Crippen molar-refractivity contribution < 1.29 is 27.2 Å². The molecule has 0 heterocycles. The average Bonchev–Trinajstić information content (AvgIpc) is 2.73. The summed E-state index contributed by atoms with van der Waals surface area (Å²) in [5, 5.41) is 2.69. The first-order chi connectivity index (χ1) is 14.6. The number of alkyl halides is 3. The second-order valence-electron chi connectivity index (χ2n) is 7.95. The first-order valence-corrected chi connectivity index (χ1v) is 10.2. The van der Waals surface area contributed by atoms with Crippen molar-refractivity contribution >= 4 is 17.5 Å². The molecule has 1 atom stereocenters. The molecule has 8 heteroatoms. The van der Waals surface area contributed by atoms with Gasteiger partial charge in [0.25, 0.3) is 5.91 Å². The van der Waals surface area contributed by atoms with Gasteiger partial charge in [-0.15, -0.1) is 0 Å². The topological polar surface area (TPSA) is 72.2 Å². The molecule has 0 aliphatic heterocycles. The molecule has 2 aromatic carbocycles. The third kappa shape index (κ3) is 5.83. The number of carbonyl (C=O) groups is 2. The molecule has 0 spiro atoms. The van der Waals surface area contributed by atoms with Crippen LogP contribution in [0.4, 0.5) is 23.2 Å². The highest BCUT2D eigenvalue weighted by Gasteiger charge is 2.33. The van der Waals surface area contributed by atoms with Crippen LogP contribution in [0.1, 0.15) is 53.6 Å². The normalized spacial score (nSPS) is 16.0. The molecule has 0 saturated heterocycles. The number of primary amides is 1. The number of nitrogens with one attached hydrogen (secondary N) is 1. The minimum Gasteiger partial charge on any atom is -0.366 e. The van der Waals surface area contributed by atoms with Gasteiger partial charge in [0.15, 0.2) is 0 Å². The number of rotatable bonds is 6. The Labute approximate surface area is 177 Å². The second-order valence-corrected chi connectivity index (χ2v) is 7.95. The third-order valence-electron chi connectivity index (χ3n) is 5.76. The molecule has 31 heavy (non-hydrogen) atoms. The largest absolute Gasteiger partial charge is 0.416 e. The SMILES string of the molecule is NC(=O)c1cc(NC(=O)C(Cc2cccc(C(F)(F)F)c2)C2CCCCC2)ccc1F. The van der Waals surface area contributed by atoms with Crippen molar-refractivity contribution in [2.45, 2.75) is 44.7 Å². The lowest BCUT2D eigenvalue weighted by Crippen LogP contribution is -2.32. The number of amides is 2. The summed E-state index contributed by atoms with van der Waals surface area (Å²) in [6, 6.07) is 8.53. The van der Waals surface area contributed by atoms with E-state index in [1.165, 1.54) is 12.1 Å². The maximum atomic E-state index is 13.7. The van der Waals surface area contributed by atoms with Crippen molar-refractivity contribution in [2.24, 2.45) is 17.6 Å². The molecule has 1 unspecified atom stereocenters. The molecule has 1 fully saturated rings. The molecule has 2 amide bonds. The van der Waals surface area contributed by atoms with Gasteiger partial charge in [0.05, 0.1) is 11.1 Å². The Morgan fingerprint density at radius 1 is 1.06 bits per heavy atom. The Kier molecular flexibility index (Phi) is 6.97. The molecule has 2 aromatic rings. The van der Waals surface area contributed by atoms with Crippen LogP contribution in [-0.4, -0.2) is 11.8 Å². The minimum atomic E-state index is -4.46. The van der Waals surface area contributed by atoms with Gasteiger partial charge in [0, 0.05) is 11.6 Å². The third-order valence-corrected chi connectivity index (χ3v) is 5.76. The quantitative estimate of drug-likeness (QED) is 0.602. The smallest absolute Gasteiger partial charge is 0.366 e. The highest BCUT2D eigenvalue weighted by atomic mass is 19.4. The summed E-state index contributed by atoms with van der Waals surface area (Å²) in [5.74, 6) is -2.64. The summed E-state index contributed by atoms with van der Waals surface area (Å²) in [6.07, 6.45) is 0.301. The van der Waals surface area contributed by atoms with Gasteiger partial charge in [-0.2, -0.15) is 13.2 Å². The molecule has 3 rings (SSSR count). The van der Waals surface area contributed by atoms with E-state index < -0.39 is 29.4 Å². The van der Waals surface area contributed by atoms with Crippen LogP contribution >= 0.6 is 0 Å². The first kappa shape index (κ1) is 22.8. The zero-order valence-electron chi connectivity index (χ0n) is 16.8. The fraction of sp³-hybridized carbons (Fsp3) is 0.391. The second kappa shape index (κ2) is 9.49. The number of nitrogens with two attached hydrogens (primary N) is 1. The van der Waals surface area contributed by atoms with E-state index in [4.69, 9.17) is 5.73 Å². The van der Waals surface area contributed by atoms with Gasteiger partial charge in [-0.3, -0.25) is 9.59 Å². The molecular formula is C23H24F4N2O2. The molecule has 1 saturated carbocycles. The van der Waals surface area contributed by atoms with E-state index in [1.807, 2.05) is 0 Å². The standard InChI is InChI=1S/C23H24F4N2O2/c24-20-10-9-17(13-19(20)21(28)30)29-22(31)18(15-6-2-1-3-7-15)12-14-5-4-8-16(11-14)23(25,26)27/h4-5,8-11,13,15,18H,1-3,6-7,12H2,(H2,28,30)(H,29,31). The zero-order valence-corrected chi connectivity index (χ0v) is 16.8. The number of hydrogen-bond donors (Lipinski definition) is 2. The van der Waals surface area contributed by atoms with Crippen LogP contribution in [0.2, 0.25) is 0 Å². The summed E-state index contributed by atoms with van der Waals surface area (Å²) in [6.45, 7) is 0. The number of carbonyl (C=O) groups excluding carboxylic acids is 2. The molecule has 0 radical (unpaired) electrons. The number of halogens is 4. The predicted molar refractivity (Wildman–Crippen MR) is 109 cm³/mol. The van der Waals surface area contributed by atoms with Crippen molar-refractivity contribution in [1.82, 2.24) is 0 Å². The highest BCUT2D eigenvalue weighted by molar-refractivity contribution is 5.97. The maximum Gasteiger partial charge on any atom is 0.416 e. The molecule has 1 aliphatic carbocycles. The molecule has 1 aliphatic rings. The summed E-state index contributed by atoms with van der Waals surface area (Å²) >= 11 is 0. The fourth-order valence-electron chi connectivity index (χ4n) is 4.17. The number of anilines is 1. The van der Waals surface area contributed by atoms with Crippen molar-refractivity contribution in [2.75, 3.05) is 5.32 Å². The Balaban J connectivity index is 1.85. The van der Waals surface area contributed by atoms with Crippen molar-refractivity contribution in [3.63, 3.8) is 0 Å². The molecule has 3 N–H and O–H groups in total. The van der Waals surface area contributed by atoms with Crippen LogP contribution in [0.25, 0.3) is 0 Å². The van der Waals surface area contributed by atoms with Crippen LogP contribution < -0.4 is 11.1 Å². The van der Waals surface area contributed by atoms with Crippen LogP contribution in [0.3, 0.4) is 0 Å². The molecule has 166 valence electrons. The summed E-state index contributed by atoms with van der Waals surface area (Å²) < 4.78 is 53.0. The van der Waals surface area contributed by atoms with E-state index >= 15 is 0 Å². The van der Waals surface area contributed by atoms with Gasteiger partial charge in [-0.25, -0.2) is 4.39 Å². The van der Waals surface area contributed by atoms with Gasteiger partial charge in [-0.05, 0) is 55.0 Å². The molecular weight excluding hydrogens is 412 g/mol. The van der Waals surface area contributed by atoms with Gasteiger partial charge in [0.1, 0.15) is 5.82 Å². The predicted octanol–water partition coefficient (Wildman–Crippen LogP) is 5.32. The van der Waals surface area contributed by atoms with Crippen LogP contribution in [0, 0.1) is 17.7 Å². The fourth-order valence-corrected chi connectivity index (χ4v) is 4.17. The van der Waals surface area contributed by atoms with E-state index in [1.54, 1.807) is 6.07 Å². The number of benzene rings is 2. The lowest BCUT2D eigenvalue weighted by atomic mass is 9.76. The van der Waals surface area contributed by atoms with Gasteiger partial charge >= 0.3 is 6.18 Å². The van der Waals surface area contributed by atoms with E-state index in [-0.39, 0.29) is 29.5 Å². The Bertz CT molecular complexity index is 953. The van der Waals surface area contributed by atoms with Gasteiger partial charge in [0.2, 0.25) is 5.91 Å². The zero-order chi connectivity index (χ0) is 22.6. The molecule has 4 nitrogen and oxygen atoms in total.